The molecular weight excluding hydrogens is 152 g/mol. The van der Waals surface area contributed by atoms with Gasteiger partial charge in [-0.25, -0.2) is 0 Å². The van der Waals surface area contributed by atoms with Gasteiger partial charge in [0.2, 0.25) is 0 Å². The van der Waals surface area contributed by atoms with Crippen LogP contribution in [-0.2, 0) is 6.42 Å². The molecule has 0 aromatic carbocycles. The standard InChI is InChI=1S/C9H10N2O/c12-6-3-8-9-7(1-4-10-8)2-5-11-9/h1-2,4-5,11-12H,3,6H2. The molecular formula is C9H10N2O. The van der Waals surface area contributed by atoms with Crippen molar-refractivity contribution < 1.29 is 5.11 Å². The van der Waals surface area contributed by atoms with Gasteiger partial charge in [-0.3, -0.25) is 4.98 Å². The van der Waals surface area contributed by atoms with E-state index in [1.165, 1.54) is 0 Å². The third kappa shape index (κ3) is 1.08. The molecule has 2 rings (SSSR count). The number of hydrogen-bond donors (Lipinski definition) is 2. The van der Waals surface area contributed by atoms with Crippen LogP contribution in [0, 0.1) is 0 Å². The van der Waals surface area contributed by atoms with Gasteiger partial charge >= 0.3 is 0 Å². The Balaban J connectivity index is 2.57. The van der Waals surface area contributed by atoms with Gasteiger partial charge in [-0.15, -0.1) is 0 Å². The fourth-order valence-corrected chi connectivity index (χ4v) is 1.34. The van der Waals surface area contributed by atoms with Crippen molar-refractivity contribution in [3.63, 3.8) is 0 Å². The van der Waals surface area contributed by atoms with Crippen LogP contribution in [0.25, 0.3) is 10.9 Å². The number of aromatic nitrogens is 2. The molecule has 62 valence electrons. The lowest BCUT2D eigenvalue weighted by atomic mass is 10.2. The summed E-state index contributed by atoms with van der Waals surface area (Å²) in [4.78, 5) is 7.28. The quantitative estimate of drug-likeness (QED) is 0.694. The van der Waals surface area contributed by atoms with Crippen molar-refractivity contribution in [1.29, 1.82) is 0 Å². The molecule has 2 heterocycles. The van der Waals surface area contributed by atoms with Crippen molar-refractivity contribution in [2.24, 2.45) is 0 Å². The molecule has 12 heavy (non-hydrogen) atoms. The zero-order chi connectivity index (χ0) is 8.39. The predicted molar refractivity (Wildman–Crippen MR) is 46.9 cm³/mol. The summed E-state index contributed by atoms with van der Waals surface area (Å²) in [5, 5.41) is 9.91. The smallest absolute Gasteiger partial charge is 0.0673 e. The molecule has 0 bridgehead atoms. The molecule has 2 aromatic rings. The molecule has 0 atom stereocenters. The molecule has 2 N–H and O–H groups in total. The van der Waals surface area contributed by atoms with E-state index in [1.807, 2.05) is 18.3 Å². The van der Waals surface area contributed by atoms with Gasteiger partial charge in [0.05, 0.1) is 11.2 Å². The van der Waals surface area contributed by atoms with Gasteiger partial charge in [-0.2, -0.15) is 0 Å². The lowest BCUT2D eigenvalue weighted by Crippen LogP contribution is -1.94. The summed E-state index contributed by atoms with van der Waals surface area (Å²) in [6.45, 7) is 0.144. The first-order valence-electron chi connectivity index (χ1n) is 3.93. The number of hydrogen-bond acceptors (Lipinski definition) is 2. The molecule has 0 spiro atoms. The monoisotopic (exact) mass is 162 g/mol. The SMILES string of the molecule is OCCc1nccc2cc[nH]c12. The van der Waals surface area contributed by atoms with Crippen LogP contribution in [0.15, 0.2) is 24.5 Å². The number of H-pyrrole nitrogens is 1. The Morgan fingerprint density at radius 1 is 1.42 bits per heavy atom. The average Bonchev–Trinajstić information content (AvgIpc) is 2.53. The highest BCUT2D eigenvalue weighted by Crippen LogP contribution is 2.14. The number of aliphatic hydroxyl groups is 1. The Kier molecular flexibility index (Phi) is 1.80. The van der Waals surface area contributed by atoms with Gasteiger partial charge in [0, 0.05) is 30.8 Å². The van der Waals surface area contributed by atoms with E-state index in [9.17, 15) is 0 Å². The van der Waals surface area contributed by atoms with Gasteiger partial charge in [0.1, 0.15) is 0 Å². The Hall–Kier alpha value is -1.35. The third-order valence-electron chi connectivity index (χ3n) is 1.90. The van der Waals surface area contributed by atoms with Crippen LogP contribution in [0.3, 0.4) is 0 Å². The first-order chi connectivity index (χ1) is 5.92. The minimum atomic E-state index is 0.144. The second-order valence-corrected chi connectivity index (χ2v) is 2.67. The zero-order valence-electron chi connectivity index (χ0n) is 6.62. The number of aliphatic hydroxyl groups excluding tert-OH is 1. The highest BCUT2D eigenvalue weighted by Gasteiger charge is 2.00. The van der Waals surface area contributed by atoms with Crippen molar-refractivity contribution in [2.45, 2.75) is 6.42 Å². The number of aromatic amines is 1. The van der Waals surface area contributed by atoms with Gasteiger partial charge < -0.3 is 10.1 Å². The van der Waals surface area contributed by atoms with E-state index in [0.29, 0.717) is 6.42 Å². The van der Waals surface area contributed by atoms with E-state index in [0.717, 1.165) is 16.6 Å². The van der Waals surface area contributed by atoms with Crippen LogP contribution in [0.5, 0.6) is 0 Å². The zero-order valence-corrected chi connectivity index (χ0v) is 6.62. The molecule has 0 aliphatic heterocycles. The predicted octanol–water partition coefficient (Wildman–Crippen LogP) is 1.10. The molecule has 0 amide bonds. The van der Waals surface area contributed by atoms with E-state index in [1.54, 1.807) is 6.20 Å². The van der Waals surface area contributed by atoms with E-state index in [4.69, 9.17) is 5.11 Å². The van der Waals surface area contributed by atoms with E-state index in [2.05, 4.69) is 9.97 Å². The largest absolute Gasteiger partial charge is 0.396 e. The highest BCUT2D eigenvalue weighted by atomic mass is 16.3. The van der Waals surface area contributed by atoms with Gasteiger partial charge in [-0.1, -0.05) is 0 Å². The molecule has 0 aliphatic carbocycles. The highest BCUT2D eigenvalue weighted by molar-refractivity contribution is 5.80. The van der Waals surface area contributed by atoms with Crippen molar-refractivity contribution in [2.75, 3.05) is 6.61 Å². The molecule has 0 saturated heterocycles. The average molecular weight is 162 g/mol. The maximum atomic E-state index is 8.76. The Bertz CT molecular complexity index is 381. The molecule has 0 unspecified atom stereocenters. The summed E-state index contributed by atoms with van der Waals surface area (Å²) in [5.41, 5.74) is 1.96. The van der Waals surface area contributed by atoms with Crippen LogP contribution < -0.4 is 0 Å². The Labute approximate surface area is 70.1 Å². The summed E-state index contributed by atoms with van der Waals surface area (Å²) >= 11 is 0. The van der Waals surface area contributed by atoms with Crippen molar-refractivity contribution in [3.8, 4) is 0 Å². The normalized spacial score (nSPS) is 10.8. The first-order valence-corrected chi connectivity index (χ1v) is 3.93. The van der Waals surface area contributed by atoms with Crippen molar-refractivity contribution >= 4 is 10.9 Å². The number of fused-ring (bicyclic) bond motifs is 1. The van der Waals surface area contributed by atoms with Gasteiger partial charge in [0.25, 0.3) is 0 Å². The third-order valence-corrected chi connectivity index (χ3v) is 1.90. The molecule has 0 fully saturated rings. The maximum Gasteiger partial charge on any atom is 0.0673 e. The molecule has 0 saturated carbocycles. The van der Waals surface area contributed by atoms with Gasteiger partial charge in [0.15, 0.2) is 0 Å². The first kappa shape index (κ1) is 7.31. The van der Waals surface area contributed by atoms with Crippen LogP contribution in [0.1, 0.15) is 5.69 Å². The van der Waals surface area contributed by atoms with Crippen LogP contribution in [0.4, 0.5) is 0 Å². The van der Waals surface area contributed by atoms with Crippen LogP contribution in [0.2, 0.25) is 0 Å². The second kappa shape index (κ2) is 2.95. The lowest BCUT2D eigenvalue weighted by molar-refractivity contribution is 0.298. The van der Waals surface area contributed by atoms with Crippen LogP contribution in [-0.4, -0.2) is 21.7 Å². The van der Waals surface area contributed by atoms with Gasteiger partial charge in [-0.05, 0) is 12.1 Å². The fraction of sp³-hybridized carbons (Fsp3) is 0.222. The lowest BCUT2D eigenvalue weighted by Gasteiger charge is -1.98. The van der Waals surface area contributed by atoms with Crippen molar-refractivity contribution in [1.82, 2.24) is 9.97 Å². The number of nitrogens with zero attached hydrogens (tertiary/aromatic N) is 1. The maximum absolute atomic E-state index is 8.76. The van der Waals surface area contributed by atoms with E-state index >= 15 is 0 Å². The summed E-state index contributed by atoms with van der Waals surface area (Å²) in [6.07, 6.45) is 4.26. The molecule has 2 aromatic heterocycles. The Morgan fingerprint density at radius 3 is 3.17 bits per heavy atom. The second-order valence-electron chi connectivity index (χ2n) is 2.67. The molecule has 0 radical (unpaired) electrons. The van der Waals surface area contributed by atoms with Crippen LogP contribution >= 0.6 is 0 Å². The summed E-state index contributed by atoms with van der Waals surface area (Å²) < 4.78 is 0. The number of pyridine rings is 1. The molecule has 0 aliphatic rings. The minimum absolute atomic E-state index is 0.144. The molecule has 3 heteroatoms. The summed E-state index contributed by atoms with van der Waals surface area (Å²) in [7, 11) is 0. The molecule has 3 nitrogen and oxygen atoms in total. The van der Waals surface area contributed by atoms with Crippen molar-refractivity contribution in [3.05, 3.63) is 30.2 Å². The topological polar surface area (TPSA) is 48.9 Å². The number of nitrogens with one attached hydrogen (secondary N) is 1. The fourth-order valence-electron chi connectivity index (χ4n) is 1.34. The van der Waals surface area contributed by atoms with E-state index in [-0.39, 0.29) is 6.61 Å². The number of rotatable bonds is 2. The Morgan fingerprint density at radius 2 is 2.33 bits per heavy atom. The van der Waals surface area contributed by atoms with E-state index < -0.39 is 0 Å². The summed E-state index contributed by atoms with van der Waals surface area (Å²) in [6, 6.07) is 3.95. The minimum Gasteiger partial charge on any atom is -0.396 e. The summed E-state index contributed by atoms with van der Waals surface area (Å²) in [5.74, 6) is 0.